The summed E-state index contributed by atoms with van der Waals surface area (Å²) in [5.74, 6) is 1.77. The third-order valence-electron chi connectivity index (χ3n) is 5.42. The van der Waals surface area contributed by atoms with E-state index in [1.807, 2.05) is 0 Å². The van der Waals surface area contributed by atoms with Crippen LogP contribution >= 0.6 is 0 Å². The lowest BCUT2D eigenvalue weighted by Gasteiger charge is -2.37. The fraction of sp³-hybridized carbons (Fsp3) is 0.684. The number of anilines is 1. The van der Waals surface area contributed by atoms with Crippen LogP contribution in [0, 0.1) is 5.92 Å². The number of piperidine rings is 1. The van der Waals surface area contributed by atoms with Crippen LogP contribution in [0.25, 0.3) is 0 Å². The molecule has 2 aliphatic rings. The molecule has 1 saturated heterocycles. The Labute approximate surface area is 130 Å². The first-order valence-corrected chi connectivity index (χ1v) is 8.72. The highest BCUT2D eigenvalue weighted by molar-refractivity contribution is 5.56. The minimum absolute atomic E-state index is 0.840. The smallest absolute Gasteiger partial charge is 0.0401 e. The Kier molecular flexibility index (Phi) is 4.84. The van der Waals surface area contributed by atoms with Crippen LogP contribution in [0.2, 0.25) is 0 Å². The van der Waals surface area contributed by atoms with Gasteiger partial charge in [0.1, 0.15) is 0 Å². The predicted molar refractivity (Wildman–Crippen MR) is 91.1 cm³/mol. The van der Waals surface area contributed by atoms with Crippen molar-refractivity contribution in [2.75, 3.05) is 38.6 Å². The highest BCUT2D eigenvalue weighted by Crippen LogP contribution is 2.41. The molecule has 0 amide bonds. The van der Waals surface area contributed by atoms with Gasteiger partial charge in [0.25, 0.3) is 0 Å². The maximum Gasteiger partial charge on any atom is 0.0401 e. The average Bonchev–Trinajstić information content (AvgIpc) is 2.45. The Bertz CT molecular complexity index is 443. The molecule has 116 valence electrons. The summed E-state index contributed by atoms with van der Waals surface area (Å²) in [6.45, 7) is 3.74. The van der Waals surface area contributed by atoms with E-state index >= 15 is 0 Å². The minimum atomic E-state index is 0.840. The van der Waals surface area contributed by atoms with E-state index in [0.717, 1.165) is 11.8 Å². The molecule has 0 unspecified atom stereocenters. The van der Waals surface area contributed by atoms with Crippen LogP contribution in [0.1, 0.15) is 50.0 Å². The minimum Gasteiger partial charge on any atom is -0.371 e. The van der Waals surface area contributed by atoms with Crippen molar-refractivity contribution in [3.63, 3.8) is 0 Å². The van der Waals surface area contributed by atoms with Crippen molar-refractivity contribution in [3.8, 4) is 0 Å². The van der Waals surface area contributed by atoms with Gasteiger partial charge in [-0.05, 0) is 76.2 Å². The molecule has 1 saturated carbocycles. The zero-order valence-electron chi connectivity index (χ0n) is 13.7. The molecule has 1 aliphatic carbocycles. The lowest BCUT2D eigenvalue weighted by atomic mass is 9.79. The second-order valence-electron chi connectivity index (χ2n) is 7.21. The molecule has 0 N–H and O–H groups in total. The molecule has 2 heteroatoms. The van der Waals surface area contributed by atoms with Crippen molar-refractivity contribution >= 4 is 5.69 Å². The van der Waals surface area contributed by atoms with Crippen LogP contribution < -0.4 is 4.90 Å². The second kappa shape index (κ2) is 6.83. The molecular weight excluding hydrogens is 256 g/mol. The van der Waals surface area contributed by atoms with Crippen molar-refractivity contribution in [2.24, 2.45) is 5.92 Å². The van der Waals surface area contributed by atoms with E-state index < -0.39 is 0 Å². The number of para-hydroxylation sites is 1. The number of rotatable bonds is 5. The quantitative estimate of drug-likeness (QED) is 0.803. The zero-order chi connectivity index (χ0) is 14.7. The first-order chi connectivity index (χ1) is 10.2. The molecule has 0 spiro atoms. The fourth-order valence-electron chi connectivity index (χ4n) is 3.74. The van der Waals surface area contributed by atoms with Gasteiger partial charge >= 0.3 is 0 Å². The molecule has 1 aromatic rings. The molecule has 2 fully saturated rings. The van der Waals surface area contributed by atoms with Crippen LogP contribution in [0.3, 0.4) is 0 Å². The third-order valence-corrected chi connectivity index (χ3v) is 5.42. The van der Waals surface area contributed by atoms with Crippen LogP contribution in [0.15, 0.2) is 24.3 Å². The van der Waals surface area contributed by atoms with Gasteiger partial charge in [0, 0.05) is 18.8 Å². The zero-order valence-corrected chi connectivity index (χ0v) is 13.7. The number of nitrogens with zero attached hydrogens (tertiary/aromatic N) is 2. The van der Waals surface area contributed by atoms with Gasteiger partial charge < -0.3 is 9.80 Å². The lowest BCUT2D eigenvalue weighted by molar-refractivity contribution is 0.313. The SMILES string of the molecule is CN(C)CCC1CCN(c2ccccc2C2CCC2)CC1. The van der Waals surface area contributed by atoms with E-state index in [1.165, 1.54) is 63.8 Å². The van der Waals surface area contributed by atoms with Gasteiger partial charge in [-0.1, -0.05) is 24.6 Å². The third kappa shape index (κ3) is 3.60. The van der Waals surface area contributed by atoms with E-state index in [4.69, 9.17) is 0 Å². The lowest BCUT2D eigenvalue weighted by Crippen LogP contribution is -2.35. The van der Waals surface area contributed by atoms with Crippen molar-refractivity contribution in [1.82, 2.24) is 4.90 Å². The number of hydrogen-bond donors (Lipinski definition) is 0. The Balaban J connectivity index is 1.59. The summed E-state index contributed by atoms with van der Waals surface area (Å²) in [7, 11) is 4.37. The summed E-state index contributed by atoms with van der Waals surface area (Å²) in [5, 5.41) is 0. The molecule has 0 bridgehead atoms. The Hall–Kier alpha value is -1.02. The van der Waals surface area contributed by atoms with Gasteiger partial charge in [0.05, 0.1) is 0 Å². The molecule has 2 nitrogen and oxygen atoms in total. The highest BCUT2D eigenvalue weighted by atomic mass is 15.1. The fourth-order valence-corrected chi connectivity index (χ4v) is 3.74. The van der Waals surface area contributed by atoms with Crippen LogP contribution in [0.5, 0.6) is 0 Å². The monoisotopic (exact) mass is 286 g/mol. The maximum absolute atomic E-state index is 2.65. The first kappa shape index (κ1) is 14.9. The van der Waals surface area contributed by atoms with E-state index in [0.29, 0.717) is 0 Å². The van der Waals surface area contributed by atoms with Gasteiger partial charge in [0.15, 0.2) is 0 Å². The van der Waals surface area contributed by atoms with Gasteiger partial charge in [0.2, 0.25) is 0 Å². The molecule has 21 heavy (non-hydrogen) atoms. The molecule has 1 aliphatic heterocycles. The summed E-state index contributed by atoms with van der Waals surface area (Å²) >= 11 is 0. The molecular formula is C19H30N2. The normalized spacial score (nSPS) is 20.8. The van der Waals surface area contributed by atoms with Crippen LogP contribution in [-0.2, 0) is 0 Å². The number of benzene rings is 1. The first-order valence-electron chi connectivity index (χ1n) is 8.72. The van der Waals surface area contributed by atoms with Crippen molar-refractivity contribution in [1.29, 1.82) is 0 Å². The molecule has 1 heterocycles. The topological polar surface area (TPSA) is 6.48 Å². The Morgan fingerprint density at radius 1 is 1.05 bits per heavy atom. The van der Waals surface area contributed by atoms with Gasteiger partial charge in [-0.2, -0.15) is 0 Å². The summed E-state index contributed by atoms with van der Waals surface area (Å²) in [6, 6.07) is 9.17. The Morgan fingerprint density at radius 2 is 1.76 bits per heavy atom. The van der Waals surface area contributed by atoms with Gasteiger partial charge in [-0.3, -0.25) is 0 Å². The van der Waals surface area contributed by atoms with Crippen molar-refractivity contribution < 1.29 is 0 Å². The van der Waals surface area contributed by atoms with Gasteiger partial charge in [-0.15, -0.1) is 0 Å². The standard InChI is InChI=1S/C19H30N2/c1-20(2)13-10-16-11-14-21(15-12-16)19-9-4-3-8-18(19)17-6-5-7-17/h3-4,8-9,16-17H,5-7,10-15H2,1-2H3. The molecule has 1 aromatic carbocycles. The summed E-state index contributed by atoms with van der Waals surface area (Å²) in [5.41, 5.74) is 3.16. The van der Waals surface area contributed by atoms with E-state index in [-0.39, 0.29) is 0 Å². The van der Waals surface area contributed by atoms with E-state index in [2.05, 4.69) is 48.2 Å². The molecule has 0 aromatic heterocycles. The largest absolute Gasteiger partial charge is 0.371 e. The van der Waals surface area contributed by atoms with Crippen LogP contribution in [-0.4, -0.2) is 38.6 Å². The average molecular weight is 286 g/mol. The summed E-state index contributed by atoms with van der Waals surface area (Å²) in [6.07, 6.45) is 8.32. The highest BCUT2D eigenvalue weighted by Gasteiger charge is 2.26. The summed E-state index contributed by atoms with van der Waals surface area (Å²) < 4.78 is 0. The Morgan fingerprint density at radius 3 is 2.38 bits per heavy atom. The van der Waals surface area contributed by atoms with E-state index in [9.17, 15) is 0 Å². The van der Waals surface area contributed by atoms with Gasteiger partial charge in [-0.25, -0.2) is 0 Å². The van der Waals surface area contributed by atoms with Crippen LogP contribution in [0.4, 0.5) is 5.69 Å². The maximum atomic E-state index is 2.65. The second-order valence-corrected chi connectivity index (χ2v) is 7.21. The molecule has 0 atom stereocenters. The molecule has 0 radical (unpaired) electrons. The number of hydrogen-bond acceptors (Lipinski definition) is 2. The van der Waals surface area contributed by atoms with Crippen molar-refractivity contribution in [2.45, 2.75) is 44.4 Å². The van der Waals surface area contributed by atoms with E-state index in [1.54, 1.807) is 5.56 Å². The molecule has 3 rings (SSSR count). The summed E-state index contributed by atoms with van der Waals surface area (Å²) in [4.78, 5) is 4.97. The predicted octanol–water partition coefficient (Wildman–Crippen LogP) is 4.12. The van der Waals surface area contributed by atoms with Crippen molar-refractivity contribution in [3.05, 3.63) is 29.8 Å².